The first-order valence-corrected chi connectivity index (χ1v) is 11.0. The van der Waals surface area contributed by atoms with E-state index in [4.69, 9.17) is 16.1 Å². The fraction of sp³-hybridized carbons (Fsp3) is 0.269. The molecule has 0 spiro atoms. The first-order chi connectivity index (χ1) is 16.1. The number of nitrogens with zero attached hydrogens (tertiary/aromatic N) is 4. The molecule has 2 aromatic heterocycles. The molecular weight excluding hydrogens is 419 g/mol. The normalized spacial score (nSPS) is 17.7. The SMILES string of the molecule is C#Cc1c(F)ccc2cc(O)cc(-c3cc4nc(OC)ncc4c(N4CCC4C4CC4)n3)c12. The van der Waals surface area contributed by atoms with Gasteiger partial charge in [-0.1, -0.05) is 12.0 Å². The van der Waals surface area contributed by atoms with E-state index >= 15 is 0 Å². The van der Waals surface area contributed by atoms with E-state index in [9.17, 15) is 9.50 Å². The van der Waals surface area contributed by atoms with Crippen molar-refractivity contribution in [3.8, 4) is 35.4 Å². The summed E-state index contributed by atoms with van der Waals surface area (Å²) in [6, 6.07) is 8.60. The van der Waals surface area contributed by atoms with Crippen molar-refractivity contribution < 1.29 is 14.2 Å². The highest BCUT2D eigenvalue weighted by atomic mass is 19.1. The molecule has 3 heterocycles. The maximum Gasteiger partial charge on any atom is 0.316 e. The first kappa shape index (κ1) is 19.7. The number of hydrogen-bond acceptors (Lipinski definition) is 6. The molecule has 4 aromatic rings. The van der Waals surface area contributed by atoms with Crippen LogP contribution in [0.4, 0.5) is 10.2 Å². The van der Waals surface area contributed by atoms with E-state index in [2.05, 4.69) is 20.8 Å². The highest BCUT2D eigenvalue weighted by molar-refractivity contribution is 6.03. The Bertz CT molecular complexity index is 1480. The number of aromatic hydroxyl groups is 1. The van der Waals surface area contributed by atoms with E-state index in [-0.39, 0.29) is 17.3 Å². The van der Waals surface area contributed by atoms with Gasteiger partial charge in [0.2, 0.25) is 0 Å². The number of phenols is 1. The van der Waals surface area contributed by atoms with E-state index in [0.717, 1.165) is 24.2 Å². The Hall–Kier alpha value is -3.92. The summed E-state index contributed by atoms with van der Waals surface area (Å²) >= 11 is 0. The predicted molar refractivity (Wildman–Crippen MR) is 125 cm³/mol. The zero-order chi connectivity index (χ0) is 22.7. The van der Waals surface area contributed by atoms with Gasteiger partial charge in [0, 0.05) is 29.7 Å². The first-order valence-electron chi connectivity index (χ1n) is 11.0. The van der Waals surface area contributed by atoms with Crippen LogP contribution in [0.25, 0.3) is 32.9 Å². The van der Waals surface area contributed by atoms with Gasteiger partial charge in [0.1, 0.15) is 17.4 Å². The number of benzene rings is 2. The van der Waals surface area contributed by atoms with E-state index in [1.54, 1.807) is 24.4 Å². The summed E-state index contributed by atoms with van der Waals surface area (Å²) in [6.45, 7) is 0.907. The number of ether oxygens (including phenoxy) is 1. The summed E-state index contributed by atoms with van der Waals surface area (Å²) in [4.78, 5) is 16.2. The molecule has 2 aliphatic rings. The van der Waals surface area contributed by atoms with Gasteiger partial charge in [0.15, 0.2) is 0 Å². The molecule has 2 aromatic carbocycles. The third-order valence-corrected chi connectivity index (χ3v) is 6.70. The molecule has 33 heavy (non-hydrogen) atoms. The third kappa shape index (κ3) is 3.13. The molecular formula is C26H21FN4O2. The van der Waals surface area contributed by atoms with Gasteiger partial charge in [-0.25, -0.2) is 14.4 Å². The van der Waals surface area contributed by atoms with Crippen LogP contribution in [-0.4, -0.2) is 39.8 Å². The minimum Gasteiger partial charge on any atom is -0.508 e. The molecule has 1 saturated heterocycles. The molecule has 1 unspecified atom stereocenters. The summed E-state index contributed by atoms with van der Waals surface area (Å²) in [5, 5.41) is 12.4. The Balaban J connectivity index is 1.64. The molecule has 1 aliphatic carbocycles. The zero-order valence-corrected chi connectivity index (χ0v) is 18.0. The van der Waals surface area contributed by atoms with Crippen LogP contribution >= 0.6 is 0 Å². The number of rotatable bonds is 4. The standard InChI is InChI=1S/C26H21FN4O2/c1-3-17-20(27)7-6-15-10-16(32)11-18(24(15)17)21-12-22-19(13-28-26(30-22)33-2)25(29-21)31-9-8-23(31)14-4-5-14/h1,6-7,10-14,23,32H,4-5,8-9H2,2H3. The van der Waals surface area contributed by atoms with Crippen molar-refractivity contribution in [2.75, 3.05) is 18.6 Å². The number of aromatic nitrogens is 3. The lowest BCUT2D eigenvalue weighted by molar-refractivity contribution is 0.381. The quantitative estimate of drug-likeness (QED) is 0.465. The van der Waals surface area contributed by atoms with E-state index in [0.29, 0.717) is 39.5 Å². The van der Waals surface area contributed by atoms with Crippen LogP contribution in [0.3, 0.4) is 0 Å². The fourth-order valence-electron chi connectivity index (χ4n) is 4.86. The van der Waals surface area contributed by atoms with Crippen LogP contribution in [-0.2, 0) is 0 Å². The average Bonchev–Trinajstić information content (AvgIpc) is 3.62. The summed E-state index contributed by atoms with van der Waals surface area (Å²) in [5.74, 6) is 3.53. The smallest absolute Gasteiger partial charge is 0.316 e. The number of phenolic OH excluding ortho intramolecular Hbond substituents is 1. The van der Waals surface area contributed by atoms with Gasteiger partial charge in [-0.15, -0.1) is 6.42 Å². The maximum atomic E-state index is 14.6. The van der Waals surface area contributed by atoms with Crippen molar-refractivity contribution in [1.82, 2.24) is 15.0 Å². The number of methoxy groups -OCH3 is 1. The van der Waals surface area contributed by atoms with Gasteiger partial charge in [-0.2, -0.15) is 4.98 Å². The average molecular weight is 440 g/mol. The Labute approximate surface area is 190 Å². The van der Waals surface area contributed by atoms with Crippen molar-refractivity contribution in [2.24, 2.45) is 5.92 Å². The van der Waals surface area contributed by atoms with Gasteiger partial charge in [-0.3, -0.25) is 0 Å². The van der Waals surface area contributed by atoms with Crippen LogP contribution < -0.4 is 9.64 Å². The molecule has 6 rings (SSSR count). The summed E-state index contributed by atoms with van der Waals surface area (Å²) in [6.07, 6.45) is 11.0. The lowest BCUT2D eigenvalue weighted by Crippen LogP contribution is -2.49. The highest BCUT2D eigenvalue weighted by Crippen LogP contribution is 2.45. The second kappa shape index (κ2) is 7.31. The Morgan fingerprint density at radius 2 is 2.03 bits per heavy atom. The molecule has 1 N–H and O–H groups in total. The van der Waals surface area contributed by atoms with Crippen LogP contribution in [0, 0.1) is 24.1 Å². The Kier molecular flexibility index (Phi) is 4.37. The highest BCUT2D eigenvalue weighted by Gasteiger charge is 2.42. The zero-order valence-electron chi connectivity index (χ0n) is 18.0. The molecule has 0 radical (unpaired) electrons. The number of terminal acetylenes is 1. The predicted octanol–water partition coefficient (Wildman–Crippen LogP) is 4.67. The van der Waals surface area contributed by atoms with Crippen molar-refractivity contribution in [1.29, 1.82) is 0 Å². The minimum atomic E-state index is -0.488. The molecule has 1 saturated carbocycles. The molecule has 1 aliphatic heterocycles. The fourth-order valence-corrected chi connectivity index (χ4v) is 4.86. The summed E-state index contributed by atoms with van der Waals surface area (Å²) in [7, 11) is 1.52. The monoisotopic (exact) mass is 440 g/mol. The number of anilines is 1. The van der Waals surface area contributed by atoms with E-state index in [1.807, 2.05) is 6.07 Å². The molecule has 164 valence electrons. The lowest BCUT2D eigenvalue weighted by atomic mass is 9.95. The van der Waals surface area contributed by atoms with Crippen molar-refractivity contribution in [3.05, 3.63) is 47.9 Å². The maximum absolute atomic E-state index is 14.6. The lowest BCUT2D eigenvalue weighted by Gasteiger charge is -2.43. The van der Waals surface area contributed by atoms with Crippen molar-refractivity contribution >= 4 is 27.5 Å². The number of hydrogen-bond donors (Lipinski definition) is 1. The minimum absolute atomic E-state index is 0.0515. The number of fused-ring (bicyclic) bond motifs is 2. The van der Waals surface area contributed by atoms with Crippen LogP contribution in [0.15, 0.2) is 36.5 Å². The van der Waals surface area contributed by atoms with Gasteiger partial charge in [0.25, 0.3) is 0 Å². The number of halogens is 1. The van der Waals surface area contributed by atoms with Gasteiger partial charge >= 0.3 is 6.01 Å². The van der Waals surface area contributed by atoms with Crippen molar-refractivity contribution in [3.63, 3.8) is 0 Å². The summed E-state index contributed by atoms with van der Waals surface area (Å²) < 4.78 is 19.9. The van der Waals surface area contributed by atoms with Gasteiger partial charge in [-0.05, 0) is 54.8 Å². The molecule has 1 atom stereocenters. The molecule has 6 nitrogen and oxygen atoms in total. The molecule has 2 fully saturated rings. The van der Waals surface area contributed by atoms with E-state index < -0.39 is 5.82 Å². The Morgan fingerprint density at radius 3 is 2.73 bits per heavy atom. The summed E-state index contributed by atoms with van der Waals surface area (Å²) in [5.41, 5.74) is 1.92. The molecule has 0 amide bonds. The largest absolute Gasteiger partial charge is 0.508 e. The van der Waals surface area contributed by atoms with E-state index in [1.165, 1.54) is 26.0 Å². The number of pyridine rings is 1. The second-order valence-electron chi connectivity index (χ2n) is 8.67. The van der Waals surface area contributed by atoms with Gasteiger partial charge in [0.05, 0.1) is 29.3 Å². The topological polar surface area (TPSA) is 71.4 Å². The molecule has 7 heteroatoms. The Morgan fingerprint density at radius 1 is 1.18 bits per heavy atom. The van der Waals surface area contributed by atoms with Crippen LogP contribution in [0.1, 0.15) is 24.8 Å². The van der Waals surface area contributed by atoms with Crippen molar-refractivity contribution in [2.45, 2.75) is 25.3 Å². The third-order valence-electron chi connectivity index (χ3n) is 6.70. The van der Waals surface area contributed by atoms with Gasteiger partial charge < -0.3 is 14.7 Å². The second-order valence-corrected chi connectivity index (χ2v) is 8.67. The van der Waals surface area contributed by atoms with Crippen LogP contribution in [0.5, 0.6) is 11.8 Å². The van der Waals surface area contributed by atoms with Crippen LogP contribution in [0.2, 0.25) is 0 Å². The molecule has 0 bridgehead atoms.